The second-order valence-corrected chi connectivity index (χ2v) is 19.0. The fraction of sp³-hybridized carbons (Fsp3) is 0.697. The summed E-state index contributed by atoms with van der Waals surface area (Å²) in [4.78, 5) is 30.2. The molecule has 0 aromatic rings. The first-order chi connectivity index (χ1) is 16.9. The zero-order valence-electron chi connectivity index (χ0n) is 26.4. The van der Waals surface area contributed by atoms with Crippen molar-refractivity contribution < 1.29 is 9.59 Å². The molecule has 0 radical (unpaired) electrons. The van der Waals surface area contributed by atoms with Gasteiger partial charge < -0.3 is 4.90 Å². The monoisotopic (exact) mass is 557 g/mol. The van der Waals surface area contributed by atoms with Crippen LogP contribution in [0.15, 0.2) is 46.6 Å². The number of rotatable bonds is 3. The molecule has 212 valence electrons. The zero-order valence-corrected chi connectivity index (χ0v) is 28.0. The molecule has 1 fully saturated rings. The quantitative estimate of drug-likeness (QED) is 0.349. The number of carbonyl (C=O) groups is 2. The standard InChI is InChI=1S/C33H51NO2S2/c1-28(2,3)21-17-32(18-22(26(21)35)29(4,5)6)33(38-25(37-32)15-16-34(13)14)19-23(30(7,8)9)27(36)24(20-33)31(10,11)12/h17-20,25H,15-16H2,1-14H3. The van der Waals surface area contributed by atoms with Gasteiger partial charge >= 0.3 is 0 Å². The number of allylic oxidation sites excluding steroid dienone is 4. The van der Waals surface area contributed by atoms with E-state index in [0.29, 0.717) is 4.58 Å². The molecular weight excluding hydrogens is 507 g/mol. The second-order valence-electron chi connectivity index (χ2n) is 15.7. The van der Waals surface area contributed by atoms with Crippen molar-refractivity contribution in [2.75, 3.05) is 20.6 Å². The minimum atomic E-state index is -0.471. The van der Waals surface area contributed by atoms with Crippen molar-refractivity contribution >= 4 is 35.1 Å². The number of hydrogen-bond acceptors (Lipinski definition) is 5. The molecule has 3 aliphatic rings. The van der Waals surface area contributed by atoms with Gasteiger partial charge in [0, 0.05) is 22.3 Å². The van der Waals surface area contributed by atoms with E-state index in [1.807, 2.05) is 23.5 Å². The molecule has 2 spiro atoms. The third kappa shape index (κ3) is 5.86. The Kier molecular flexibility index (Phi) is 8.12. The molecule has 0 aromatic carbocycles. The fourth-order valence-corrected chi connectivity index (χ4v) is 9.53. The van der Waals surface area contributed by atoms with Gasteiger partial charge in [-0.3, -0.25) is 9.59 Å². The van der Waals surface area contributed by atoms with Gasteiger partial charge in [0.25, 0.3) is 0 Å². The van der Waals surface area contributed by atoms with Crippen molar-refractivity contribution in [1.29, 1.82) is 0 Å². The number of hydrogen-bond donors (Lipinski definition) is 0. The van der Waals surface area contributed by atoms with Crippen molar-refractivity contribution in [3.05, 3.63) is 46.6 Å². The van der Waals surface area contributed by atoms with Crippen molar-refractivity contribution in [3.63, 3.8) is 0 Å². The SMILES string of the molecule is CN(C)CCC1SC2(C=C(C(C)(C)C)C(=O)C(C(C)(C)C)=C2)C2(C=C(C(C)(C)C)C(=O)C(C(C)(C)C)=C2)S1. The predicted octanol–water partition coefficient (Wildman–Crippen LogP) is 8.28. The van der Waals surface area contributed by atoms with Crippen LogP contribution in [0.5, 0.6) is 0 Å². The summed E-state index contributed by atoms with van der Waals surface area (Å²) < 4.78 is -0.619. The first-order valence-corrected chi connectivity index (χ1v) is 15.7. The highest BCUT2D eigenvalue weighted by Crippen LogP contribution is 2.66. The summed E-state index contributed by atoms with van der Waals surface area (Å²) in [6.07, 6.45) is 10.2. The Morgan fingerprint density at radius 2 is 0.868 bits per heavy atom. The van der Waals surface area contributed by atoms with Gasteiger partial charge in [0.2, 0.25) is 0 Å². The summed E-state index contributed by atoms with van der Waals surface area (Å²) in [5, 5.41) is 0. The molecule has 0 saturated carbocycles. The molecule has 0 aromatic heterocycles. The number of Topliss-reactive ketones (excluding diaryl/α,β-unsaturated/α-hetero) is 2. The van der Waals surface area contributed by atoms with Gasteiger partial charge in [0.05, 0.1) is 14.1 Å². The van der Waals surface area contributed by atoms with Crippen LogP contribution in [0, 0.1) is 21.7 Å². The molecule has 0 unspecified atom stereocenters. The number of ketones is 2. The Hall–Kier alpha value is -1.04. The maximum Gasteiger partial charge on any atom is 0.185 e. The Labute approximate surface area is 241 Å². The van der Waals surface area contributed by atoms with Crippen LogP contribution < -0.4 is 0 Å². The minimum absolute atomic E-state index is 0.167. The van der Waals surface area contributed by atoms with E-state index in [1.54, 1.807) is 0 Å². The molecular formula is C33H51NO2S2. The number of nitrogens with zero attached hydrogens (tertiary/aromatic N) is 1. The van der Waals surface area contributed by atoms with Crippen LogP contribution in [0.2, 0.25) is 0 Å². The van der Waals surface area contributed by atoms with Gasteiger partial charge in [0.1, 0.15) is 0 Å². The molecule has 38 heavy (non-hydrogen) atoms. The lowest BCUT2D eigenvalue weighted by Crippen LogP contribution is -2.48. The summed E-state index contributed by atoms with van der Waals surface area (Å²) >= 11 is 3.96. The molecule has 1 heterocycles. The lowest BCUT2D eigenvalue weighted by atomic mass is 9.65. The summed E-state index contributed by atoms with van der Waals surface area (Å²) in [6, 6.07) is 0. The summed E-state index contributed by atoms with van der Waals surface area (Å²) in [7, 11) is 4.25. The Morgan fingerprint density at radius 1 is 0.605 bits per heavy atom. The average Bonchev–Trinajstić information content (AvgIpc) is 2.98. The van der Waals surface area contributed by atoms with Gasteiger partial charge in [-0.2, -0.15) is 0 Å². The molecule has 0 N–H and O–H groups in total. The van der Waals surface area contributed by atoms with Crippen LogP contribution in [0.1, 0.15) is 89.5 Å². The lowest BCUT2D eigenvalue weighted by Gasteiger charge is -2.46. The molecule has 3 nitrogen and oxygen atoms in total. The van der Waals surface area contributed by atoms with Crippen LogP contribution in [0.3, 0.4) is 0 Å². The number of carbonyl (C=O) groups excluding carboxylic acids is 2. The normalized spacial score (nSPS) is 22.7. The van der Waals surface area contributed by atoms with E-state index in [0.717, 1.165) is 35.3 Å². The van der Waals surface area contributed by atoms with Crippen LogP contribution in [0.4, 0.5) is 0 Å². The largest absolute Gasteiger partial charge is 0.309 e. The van der Waals surface area contributed by atoms with Gasteiger partial charge in [-0.1, -0.05) is 107 Å². The van der Waals surface area contributed by atoms with Crippen molar-refractivity contribution in [2.24, 2.45) is 21.7 Å². The van der Waals surface area contributed by atoms with Crippen LogP contribution in [0.25, 0.3) is 0 Å². The highest BCUT2D eigenvalue weighted by Gasteiger charge is 2.60. The molecule has 2 aliphatic carbocycles. The summed E-state index contributed by atoms with van der Waals surface area (Å²) in [5.74, 6) is 0.333. The van der Waals surface area contributed by atoms with Crippen LogP contribution in [-0.4, -0.2) is 51.2 Å². The lowest BCUT2D eigenvalue weighted by molar-refractivity contribution is -0.115. The van der Waals surface area contributed by atoms with E-state index in [4.69, 9.17) is 0 Å². The Balaban J connectivity index is 2.45. The number of fused-ring (bicyclic) bond motifs is 1. The average molecular weight is 558 g/mol. The molecule has 0 amide bonds. The van der Waals surface area contributed by atoms with Crippen LogP contribution >= 0.6 is 23.5 Å². The maximum absolute atomic E-state index is 14.0. The molecule has 5 heteroatoms. The third-order valence-corrected chi connectivity index (χ3v) is 11.4. The van der Waals surface area contributed by atoms with Crippen molar-refractivity contribution in [3.8, 4) is 0 Å². The van der Waals surface area contributed by atoms with E-state index in [9.17, 15) is 9.59 Å². The maximum atomic E-state index is 14.0. The van der Waals surface area contributed by atoms with Gasteiger partial charge in [-0.15, -0.1) is 23.5 Å². The van der Waals surface area contributed by atoms with Gasteiger partial charge in [-0.25, -0.2) is 0 Å². The fourth-order valence-electron chi connectivity index (χ4n) is 5.43. The Morgan fingerprint density at radius 3 is 1.08 bits per heavy atom. The molecule has 1 saturated heterocycles. The van der Waals surface area contributed by atoms with Gasteiger partial charge in [0.15, 0.2) is 11.6 Å². The van der Waals surface area contributed by atoms with E-state index >= 15 is 0 Å². The molecule has 3 rings (SSSR count). The van der Waals surface area contributed by atoms with E-state index in [2.05, 4.69) is 126 Å². The molecule has 0 atom stereocenters. The number of thioether (sulfide) groups is 2. The van der Waals surface area contributed by atoms with E-state index in [-0.39, 0.29) is 33.2 Å². The summed E-state index contributed by atoms with van der Waals surface area (Å²) in [5.41, 5.74) is 2.39. The zero-order chi connectivity index (χ0) is 29.3. The molecule has 0 bridgehead atoms. The van der Waals surface area contributed by atoms with Crippen LogP contribution in [-0.2, 0) is 9.59 Å². The van der Waals surface area contributed by atoms with Gasteiger partial charge in [-0.05, 0) is 48.7 Å². The topological polar surface area (TPSA) is 37.4 Å². The molecule has 1 aliphatic heterocycles. The smallest absolute Gasteiger partial charge is 0.185 e. The third-order valence-electron chi connectivity index (χ3n) is 7.72. The highest BCUT2D eigenvalue weighted by molar-refractivity contribution is 8.22. The summed E-state index contributed by atoms with van der Waals surface area (Å²) in [6.45, 7) is 26.8. The minimum Gasteiger partial charge on any atom is -0.309 e. The van der Waals surface area contributed by atoms with Crippen molar-refractivity contribution in [2.45, 2.75) is 104 Å². The first-order valence-electron chi connectivity index (χ1n) is 14.0. The Bertz CT molecular complexity index is 969. The van der Waals surface area contributed by atoms with Crippen molar-refractivity contribution in [1.82, 2.24) is 4.90 Å². The predicted molar refractivity (Wildman–Crippen MR) is 168 cm³/mol. The van der Waals surface area contributed by atoms with E-state index in [1.165, 1.54) is 0 Å². The highest BCUT2D eigenvalue weighted by atomic mass is 32.2. The van der Waals surface area contributed by atoms with E-state index < -0.39 is 9.49 Å². The second kappa shape index (κ2) is 9.80. The first kappa shape index (κ1) is 31.5.